The van der Waals surface area contributed by atoms with Crippen molar-refractivity contribution in [3.63, 3.8) is 0 Å². The lowest BCUT2D eigenvalue weighted by Gasteiger charge is -2.33. The number of rotatable bonds is 4. The third-order valence-corrected chi connectivity index (χ3v) is 6.59. The quantitative estimate of drug-likeness (QED) is 0.849. The van der Waals surface area contributed by atoms with Crippen molar-refractivity contribution in [2.75, 3.05) is 26.2 Å². The summed E-state index contributed by atoms with van der Waals surface area (Å²) in [6, 6.07) is 6.19. The lowest BCUT2D eigenvalue weighted by atomic mass is 10.1. The third-order valence-electron chi connectivity index (χ3n) is 4.70. The summed E-state index contributed by atoms with van der Waals surface area (Å²) in [5.41, 5.74) is 1.81. The number of benzene rings is 1. The van der Waals surface area contributed by atoms with E-state index in [1.165, 1.54) is 15.3 Å². The lowest BCUT2D eigenvalue weighted by molar-refractivity contribution is 0.0664. The first-order valence-electron chi connectivity index (χ1n) is 8.38. The third kappa shape index (κ3) is 3.74. The molecule has 1 amide bonds. The molecule has 0 unspecified atom stereocenters. The molecule has 9 heteroatoms. The van der Waals surface area contributed by atoms with Crippen molar-refractivity contribution in [1.82, 2.24) is 9.21 Å². The normalized spacial score (nSPS) is 15.7. The Hall–Kier alpha value is -2.65. The largest absolute Gasteiger partial charge is 0.478 e. The Labute approximate surface area is 157 Å². The molecule has 8 nitrogen and oxygen atoms in total. The van der Waals surface area contributed by atoms with E-state index in [2.05, 4.69) is 0 Å². The number of aromatic carboxylic acids is 1. The topological polar surface area (TPSA) is 108 Å². The second kappa shape index (κ2) is 7.16. The molecule has 2 aromatic rings. The molecule has 0 saturated carbocycles. The van der Waals surface area contributed by atoms with Crippen LogP contribution in [0.1, 0.15) is 32.0 Å². The number of piperazine rings is 1. The van der Waals surface area contributed by atoms with Crippen LogP contribution >= 0.6 is 0 Å². The molecule has 1 aromatic carbocycles. The van der Waals surface area contributed by atoms with Gasteiger partial charge in [0.25, 0.3) is 5.91 Å². The molecule has 2 heterocycles. The number of aryl methyl sites for hydroxylation is 2. The van der Waals surface area contributed by atoms with Gasteiger partial charge in [0.15, 0.2) is 5.76 Å². The van der Waals surface area contributed by atoms with E-state index in [-0.39, 0.29) is 42.4 Å². The summed E-state index contributed by atoms with van der Waals surface area (Å²) in [6.07, 6.45) is 1.01. The highest BCUT2D eigenvalue weighted by molar-refractivity contribution is 7.89. The van der Waals surface area contributed by atoms with Gasteiger partial charge in [-0.3, -0.25) is 4.79 Å². The number of hydrogen-bond donors (Lipinski definition) is 1. The van der Waals surface area contributed by atoms with E-state index < -0.39 is 21.9 Å². The molecule has 1 aliphatic rings. The average Bonchev–Trinajstić information content (AvgIpc) is 3.14. The second-order valence-electron chi connectivity index (χ2n) is 6.45. The summed E-state index contributed by atoms with van der Waals surface area (Å²) >= 11 is 0. The Morgan fingerprint density at radius 2 is 1.70 bits per heavy atom. The second-order valence-corrected chi connectivity index (χ2v) is 8.39. The molecule has 0 aliphatic carbocycles. The lowest BCUT2D eigenvalue weighted by Crippen LogP contribution is -2.50. The number of hydrogen-bond acceptors (Lipinski definition) is 5. The van der Waals surface area contributed by atoms with Crippen LogP contribution in [-0.4, -0.2) is 60.8 Å². The standard InChI is InChI=1S/C18H20N2O6S/c1-12-3-4-15(9-13(12)2)27(24,25)20-7-5-19(6-8-20)17(21)16-10-14(11-26-16)18(22)23/h3-4,9-11H,5-8H2,1-2H3,(H,22,23). The maximum atomic E-state index is 12.8. The zero-order valence-corrected chi connectivity index (χ0v) is 15.8. The fourth-order valence-electron chi connectivity index (χ4n) is 2.87. The summed E-state index contributed by atoms with van der Waals surface area (Å²) in [4.78, 5) is 25.0. The number of carbonyl (C=O) groups is 2. The fraction of sp³-hybridized carbons (Fsp3) is 0.333. The maximum absolute atomic E-state index is 12.8. The summed E-state index contributed by atoms with van der Waals surface area (Å²) in [7, 11) is -3.63. The molecular formula is C18H20N2O6S. The van der Waals surface area contributed by atoms with Gasteiger partial charge in [0.1, 0.15) is 6.26 Å². The van der Waals surface area contributed by atoms with Gasteiger partial charge in [0.2, 0.25) is 10.0 Å². The summed E-state index contributed by atoms with van der Waals surface area (Å²) < 4.78 is 32.0. The Morgan fingerprint density at radius 3 is 2.26 bits per heavy atom. The molecule has 3 rings (SSSR count). The number of furan rings is 1. The molecule has 0 bridgehead atoms. The number of sulfonamides is 1. The van der Waals surface area contributed by atoms with Gasteiger partial charge in [0, 0.05) is 32.2 Å². The minimum Gasteiger partial charge on any atom is -0.478 e. The molecule has 27 heavy (non-hydrogen) atoms. The molecule has 0 radical (unpaired) electrons. The van der Waals surface area contributed by atoms with Gasteiger partial charge in [-0.2, -0.15) is 4.31 Å². The van der Waals surface area contributed by atoms with E-state index in [0.29, 0.717) is 0 Å². The molecule has 1 aliphatic heterocycles. The number of amides is 1. The Kier molecular flexibility index (Phi) is 5.07. The first-order valence-corrected chi connectivity index (χ1v) is 9.82. The molecule has 1 N–H and O–H groups in total. The van der Waals surface area contributed by atoms with E-state index in [9.17, 15) is 18.0 Å². The van der Waals surface area contributed by atoms with Gasteiger partial charge in [-0.15, -0.1) is 0 Å². The summed E-state index contributed by atoms with van der Waals surface area (Å²) in [6.45, 7) is 4.50. The van der Waals surface area contributed by atoms with Gasteiger partial charge < -0.3 is 14.4 Å². The smallest absolute Gasteiger partial charge is 0.338 e. The maximum Gasteiger partial charge on any atom is 0.338 e. The van der Waals surface area contributed by atoms with Crippen LogP contribution in [0.3, 0.4) is 0 Å². The average molecular weight is 392 g/mol. The molecule has 0 atom stereocenters. The predicted molar refractivity (Wildman–Crippen MR) is 96.2 cm³/mol. The first kappa shape index (κ1) is 19.1. The zero-order valence-electron chi connectivity index (χ0n) is 15.0. The minimum atomic E-state index is -3.63. The van der Waals surface area contributed by atoms with Crippen molar-refractivity contribution in [2.24, 2.45) is 0 Å². The van der Waals surface area contributed by atoms with Gasteiger partial charge >= 0.3 is 5.97 Å². The number of nitrogens with zero attached hydrogens (tertiary/aromatic N) is 2. The Balaban J connectivity index is 1.69. The number of carboxylic acids is 1. The SMILES string of the molecule is Cc1ccc(S(=O)(=O)N2CCN(C(=O)c3cc(C(=O)O)co3)CC2)cc1C. The van der Waals surface area contributed by atoms with Crippen LogP contribution in [0.5, 0.6) is 0 Å². The van der Waals surface area contributed by atoms with Crippen LogP contribution in [0.2, 0.25) is 0 Å². The van der Waals surface area contributed by atoms with Gasteiger partial charge in [-0.25, -0.2) is 13.2 Å². The zero-order chi connectivity index (χ0) is 19.8. The van der Waals surface area contributed by atoms with Crippen LogP contribution in [0.25, 0.3) is 0 Å². The Bertz CT molecular complexity index is 987. The predicted octanol–water partition coefficient (Wildman–Crippen LogP) is 1.74. The van der Waals surface area contributed by atoms with Crippen molar-refractivity contribution in [2.45, 2.75) is 18.7 Å². The van der Waals surface area contributed by atoms with Crippen LogP contribution in [-0.2, 0) is 10.0 Å². The Morgan fingerprint density at radius 1 is 1.04 bits per heavy atom. The van der Waals surface area contributed by atoms with Crippen LogP contribution in [0.15, 0.2) is 39.8 Å². The minimum absolute atomic E-state index is 0.0714. The van der Waals surface area contributed by atoms with Crippen molar-refractivity contribution in [3.05, 3.63) is 53.0 Å². The highest BCUT2D eigenvalue weighted by Crippen LogP contribution is 2.21. The van der Waals surface area contributed by atoms with E-state index in [1.54, 1.807) is 18.2 Å². The molecule has 144 valence electrons. The molecule has 1 aromatic heterocycles. The van der Waals surface area contributed by atoms with E-state index in [1.807, 2.05) is 13.8 Å². The molecule has 1 fully saturated rings. The van der Waals surface area contributed by atoms with Gasteiger partial charge in [-0.1, -0.05) is 6.07 Å². The van der Waals surface area contributed by atoms with Crippen LogP contribution in [0.4, 0.5) is 0 Å². The highest BCUT2D eigenvalue weighted by atomic mass is 32.2. The monoisotopic (exact) mass is 392 g/mol. The van der Waals surface area contributed by atoms with Gasteiger partial charge in [0.05, 0.1) is 10.5 Å². The summed E-state index contributed by atoms with van der Waals surface area (Å²) in [5.74, 6) is -1.70. The van der Waals surface area contributed by atoms with Crippen molar-refractivity contribution in [1.29, 1.82) is 0 Å². The number of carboxylic acid groups (broad SMARTS) is 1. The van der Waals surface area contributed by atoms with E-state index in [0.717, 1.165) is 17.4 Å². The van der Waals surface area contributed by atoms with E-state index >= 15 is 0 Å². The van der Waals surface area contributed by atoms with Gasteiger partial charge in [-0.05, 0) is 37.1 Å². The fourth-order valence-corrected chi connectivity index (χ4v) is 4.38. The summed E-state index contributed by atoms with van der Waals surface area (Å²) in [5, 5.41) is 8.90. The van der Waals surface area contributed by atoms with Crippen LogP contribution < -0.4 is 0 Å². The van der Waals surface area contributed by atoms with Crippen molar-refractivity contribution < 1.29 is 27.5 Å². The van der Waals surface area contributed by atoms with E-state index in [4.69, 9.17) is 9.52 Å². The molecule has 0 spiro atoms. The van der Waals surface area contributed by atoms with Crippen LogP contribution in [0, 0.1) is 13.8 Å². The molecular weight excluding hydrogens is 372 g/mol. The van der Waals surface area contributed by atoms with Crippen molar-refractivity contribution >= 4 is 21.9 Å². The number of carbonyl (C=O) groups excluding carboxylic acids is 1. The van der Waals surface area contributed by atoms with Crippen molar-refractivity contribution in [3.8, 4) is 0 Å². The first-order chi connectivity index (χ1) is 12.7. The molecule has 1 saturated heterocycles. The highest BCUT2D eigenvalue weighted by Gasteiger charge is 2.31.